The highest BCUT2D eigenvalue weighted by molar-refractivity contribution is 5.69. The molecular weight excluding hydrogens is 354 g/mol. The first-order valence-electron chi connectivity index (χ1n) is 9.64. The largest absolute Gasteiger partial charge is 1.00 e. The molecule has 0 unspecified atom stereocenters. The average molecular weight is 394 g/mol. The van der Waals surface area contributed by atoms with Gasteiger partial charge in [0.2, 0.25) is 6.73 Å². The van der Waals surface area contributed by atoms with Crippen LogP contribution in [0.5, 0.6) is 0 Å². The number of rotatable bonds is 15. The highest BCUT2D eigenvalue weighted by Gasteiger charge is 2.22. The molecule has 0 saturated heterocycles. The first-order chi connectivity index (χ1) is 10.6. The van der Waals surface area contributed by atoms with E-state index < -0.39 is 0 Å². The van der Waals surface area contributed by atoms with E-state index in [1.165, 1.54) is 44.9 Å². The van der Waals surface area contributed by atoms with E-state index in [0.717, 1.165) is 37.0 Å². The standard InChI is InChI=1S/C19H40NO2.BrH/c1-5-9-10-11-12-13-14-15-16-17-19(21)22-18-20(6-2,7-3)8-4;/h5-18H2,1-4H3;1H/q+1;/p-1. The second kappa shape index (κ2) is 16.8. The molecule has 0 atom stereocenters. The van der Waals surface area contributed by atoms with Crippen LogP contribution in [0.2, 0.25) is 0 Å². The smallest absolute Gasteiger partial charge is 0.310 e. The summed E-state index contributed by atoms with van der Waals surface area (Å²) in [5.41, 5.74) is 0. The molecule has 0 radical (unpaired) electrons. The van der Waals surface area contributed by atoms with Crippen molar-refractivity contribution in [3.63, 3.8) is 0 Å². The fraction of sp³-hybridized carbons (Fsp3) is 0.947. The summed E-state index contributed by atoms with van der Waals surface area (Å²) in [7, 11) is 0. The summed E-state index contributed by atoms with van der Waals surface area (Å²) >= 11 is 0. The first kappa shape index (κ1) is 25.2. The molecule has 3 nitrogen and oxygen atoms in total. The van der Waals surface area contributed by atoms with Crippen molar-refractivity contribution < 1.29 is 31.0 Å². The Morgan fingerprint density at radius 1 is 0.739 bits per heavy atom. The summed E-state index contributed by atoms with van der Waals surface area (Å²) in [6.07, 6.45) is 12.1. The molecule has 0 saturated carbocycles. The van der Waals surface area contributed by atoms with Crippen LogP contribution in [-0.4, -0.2) is 36.8 Å². The molecule has 0 amide bonds. The molecule has 0 aliphatic heterocycles. The molecule has 0 aromatic carbocycles. The van der Waals surface area contributed by atoms with Crippen molar-refractivity contribution in [1.82, 2.24) is 0 Å². The summed E-state index contributed by atoms with van der Waals surface area (Å²) in [6, 6.07) is 0. The fourth-order valence-electron chi connectivity index (χ4n) is 2.81. The van der Waals surface area contributed by atoms with Crippen molar-refractivity contribution in [1.29, 1.82) is 0 Å². The predicted octanol–water partition coefficient (Wildman–Crippen LogP) is 2.29. The van der Waals surface area contributed by atoms with Crippen LogP contribution in [0.25, 0.3) is 0 Å². The molecule has 0 fully saturated rings. The molecular formula is C19H40BrNO2. The van der Waals surface area contributed by atoms with Crippen molar-refractivity contribution in [2.75, 3.05) is 26.4 Å². The first-order valence-corrected chi connectivity index (χ1v) is 9.64. The molecule has 0 spiro atoms. The lowest BCUT2D eigenvalue weighted by atomic mass is 10.1. The van der Waals surface area contributed by atoms with Crippen LogP contribution < -0.4 is 17.0 Å². The summed E-state index contributed by atoms with van der Waals surface area (Å²) in [5, 5.41) is 0. The number of halogens is 1. The zero-order chi connectivity index (χ0) is 16.7. The Morgan fingerprint density at radius 3 is 1.61 bits per heavy atom. The third kappa shape index (κ3) is 12.9. The number of hydrogen-bond acceptors (Lipinski definition) is 2. The van der Waals surface area contributed by atoms with Gasteiger partial charge >= 0.3 is 5.97 Å². The van der Waals surface area contributed by atoms with Gasteiger partial charge in [-0.2, -0.15) is 0 Å². The van der Waals surface area contributed by atoms with Crippen molar-refractivity contribution in [2.24, 2.45) is 0 Å². The summed E-state index contributed by atoms with van der Waals surface area (Å²) in [5.74, 6) is -0.0132. The maximum absolute atomic E-state index is 11.8. The quantitative estimate of drug-likeness (QED) is 0.184. The Bertz CT molecular complexity index is 260. The molecule has 0 N–H and O–H groups in total. The van der Waals surface area contributed by atoms with Crippen molar-refractivity contribution in [2.45, 2.75) is 91.9 Å². The molecule has 0 aliphatic carbocycles. The van der Waals surface area contributed by atoms with Crippen LogP contribution >= 0.6 is 0 Å². The number of carbonyl (C=O) groups excluding carboxylic acids is 1. The van der Waals surface area contributed by atoms with Crippen LogP contribution in [0.4, 0.5) is 0 Å². The van der Waals surface area contributed by atoms with Gasteiger partial charge in [0.1, 0.15) is 0 Å². The maximum Gasteiger partial charge on any atom is 0.310 e. The Balaban J connectivity index is 0. The second-order valence-electron chi connectivity index (χ2n) is 6.51. The Kier molecular flexibility index (Phi) is 18.3. The third-order valence-electron chi connectivity index (χ3n) is 5.00. The minimum absolute atomic E-state index is 0. The fourth-order valence-corrected chi connectivity index (χ4v) is 2.81. The molecule has 0 aliphatic rings. The van der Waals surface area contributed by atoms with Crippen LogP contribution in [0, 0.1) is 0 Å². The average Bonchev–Trinajstić information content (AvgIpc) is 2.55. The van der Waals surface area contributed by atoms with Crippen LogP contribution in [-0.2, 0) is 9.53 Å². The van der Waals surface area contributed by atoms with E-state index in [-0.39, 0.29) is 23.0 Å². The van der Waals surface area contributed by atoms with E-state index in [1.54, 1.807) is 0 Å². The van der Waals surface area contributed by atoms with Gasteiger partial charge in [0.05, 0.1) is 19.6 Å². The highest BCUT2D eigenvalue weighted by atomic mass is 79.9. The zero-order valence-electron chi connectivity index (χ0n) is 16.0. The van der Waals surface area contributed by atoms with Gasteiger partial charge < -0.3 is 21.7 Å². The molecule has 0 heterocycles. The van der Waals surface area contributed by atoms with Gasteiger partial charge in [-0.1, -0.05) is 58.3 Å². The van der Waals surface area contributed by atoms with Gasteiger partial charge in [-0.3, -0.25) is 9.28 Å². The van der Waals surface area contributed by atoms with Gasteiger partial charge in [0.15, 0.2) is 0 Å². The molecule has 23 heavy (non-hydrogen) atoms. The van der Waals surface area contributed by atoms with Crippen molar-refractivity contribution in [3.05, 3.63) is 0 Å². The maximum atomic E-state index is 11.8. The minimum Gasteiger partial charge on any atom is -1.00 e. The number of hydrogen-bond donors (Lipinski definition) is 0. The van der Waals surface area contributed by atoms with Gasteiger partial charge in [-0.15, -0.1) is 0 Å². The lowest BCUT2D eigenvalue weighted by molar-refractivity contribution is -0.938. The van der Waals surface area contributed by atoms with Crippen LogP contribution in [0.1, 0.15) is 91.9 Å². The molecule has 140 valence electrons. The van der Waals surface area contributed by atoms with Gasteiger partial charge in [0, 0.05) is 6.42 Å². The minimum atomic E-state index is -0.0132. The lowest BCUT2D eigenvalue weighted by Gasteiger charge is -2.34. The Labute approximate surface area is 155 Å². The zero-order valence-corrected chi connectivity index (χ0v) is 17.6. The number of unbranched alkanes of at least 4 members (excludes halogenated alkanes) is 8. The highest BCUT2D eigenvalue weighted by Crippen LogP contribution is 2.11. The van der Waals surface area contributed by atoms with E-state index in [4.69, 9.17) is 4.74 Å². The van der Waals surface area contributed by atoms with Crippen molar-refractivity contribution >= 4 is 5.97 Å². The molecule has 4 heteroatoms. The van der Waals surface area contributed by atoms with Crippen LogP contribution in [0.3, 0.4) is 0 Å². The molecule has 0 aromatic heterocycles. The normalized spacial score (nSPS) is 11.1. The number of carbonyl (C=O) groups is 1. The Hall–Kier alpha value is -0.0900. The molecule has 0 aromatic rings. The van der Waals surface area contributed by atoms with Gasteiger partial charge in [-0.05, 0) is 27.2 Å². The lowest BCUT2D eigenvalue weighted by Crippen LogP contribution is -3.00. The van der Waals surface area contributed by atoms with Gasteiger partial charge in [0.25, 0.3) is 0 Å². The van der Waals surface area contributed by atoms with E-state index in [1.807, 2.05) is 0 Å². The van der Waals surface area contributed by atoms with E-state index >= 15 is 0 Å². The van der Waals surface area contributed by atoms with E-state index in [2.05, 4.69) is 27.7 Å². The summed E-state index contributed by atoms with van der Waals surface area (Å²) < 4.78 is 6.36. The monoisotopic (exact) mass is 393 g/mol. The molecule has 0 bridgehead atoms. The summed E-state index contributed by atoms with van der Waals surface area (Å²) in [4.78, 5) is 11.8. The van der Waals surface area contributed by atoms with Crippen molar-refractivity contribution in [3.8, 4) is 0 Å². The number of esters is 1. The van der Waals surface area contributed by atoms with Crippen LogP contribution in [0.15, 0.2) is 0 Å². The van der Waals surface area contributed by atoms with E-state index in [9.17, 15) is 4.79 Å². The SMILES string of the molecule is CCCCCCCCCCCC(=O)OC[N+](CC)(CC)CC.[Br-]. The Morgan fingerprint density at radius 2 is 1.17 bits per heavy atom. The van der Waals surface area contributed by atoms with E-state index in [0.29, 0.717) is 13.2 Å². The number of nitrogens with zero attached hydrogens (tertiary/aromatic N) is 1. The third-order valence-corrected chi connectivity index (χ3v) is 5.00. The number of ether oxygens (including phenoxy) is 1. The topological polar surface area (TPSA) is 26.3 Å². The number of quaternary nitrogens is 1. The molecule has 0 rings (SSSR count). The van der Waals surface area contributed by atoms with Gasteiger partial charge in [-0.25, -0.2) is 0 Å². The second-order valence-corrected chi connectivity index (χ2v) is 6.51. The summed E-state index contributed by atoms with van der Waals surface area (Å²) in [6.45, 7) is 12.4. The predicted molar refractivity (Wildman–Crippen MR) is 94.7 cm³/mol.